The van der Waals surface area contributed by atoms with E-state index in [-0.39, 0.29) is 0 Å². The van der Waals surface area contributed by atoms with Crippen molar-refractivity contribution < 1.29 is 9.90 Å². The highest BCUT2D eigenvalue weighted by atomic mass is 32.1. The van der Waals surface area contributed by atoms with E-state index in [0.717, 1.165) is 23.3 Å². The number of rotatable bonds is 4. The fraction of sp³-hybridized carbons (Fsp3) is 0.250. The van der Waals surface area contributed by atoms with Crippen LogP contribution in [0, 0.1) is 6.92 Å². The Morgan fingerprint density at radius 2 is 2.27 bits per heavy atom. The molecular formula is C12H14O2S. The third-order valence-corrected chi connectivity index (χ3v) is 2.37. The zero-order valence-electron chi connectivity index (χ0n) is 8.60. The van der Waals surface area contributed by atoms with E-state index in [1.807, 2.05) is 25.1 Å². The molecule has 0 fully saturated rings. The molecule has 0 unspecified atom stereocenters. The first-order valence-corrected chi connectivity index (χ1v) is 5.39. The van der Waals surface area contributed by atoms with Crippen LogP contribution in [0.25, 0.3) is 6.08 Å². The maximum atomic E-state index is 10.7. The number of carboxylic acid groups (broad SMARTS) is 1. The van der Waals surface area contributed by atoms with Gasteiger partial charge in [-0.25, -0.2) is 4.79 Å². The molecule has 0 heterocycles. The Bertz CT molecular complexity index is 383. The van der Waals surface area contributed by atoms with Gasteiger partial charge < -0.3 is 5.11 Å². The van der Waals surface area contributed by atoms with Gasteiger partial charge in [-0.15, -0.1) is 0 Å². The molecule has 0 aromatic heterocycles. The molecule has 0 radical (unpaired) electrons. The van der Waals surface area contributed by atoms with Crippen LogP contribution in [0.2, 0.25) is 0 Å². The van der Waals surface area contributed by atoms with Crippen molar-refractivity contribution in [3.05, 3.63) is 41.0 Å². The summed E-state index contributed by atoms with van der Waals surface area (Å²) in [6, 6.07) is 5.13. The Morgan fingerprint density at radius 3 is 2.80 bits per heavy atom. The van der Waals surface area contributed by atoms with E-state index >= 15 is 0 Å². The molecule has 2 nitrogen and oxygen atoms in total. The summed E-state index contributed by atoms with van der Waals surface area (Å²) in [6.45, 7) is 1.91. The first kappa shape index (κ1) is 11.9. The second kappa shape index (κ2) is 5.61. The molecule has 0 aliphatic carbocycles. The summed E-state index contributed by atoms with van der Waals surface area (Å²) < 4.78 is 0. The van der Waals surface area contributed by atoms with Gasteiger partial charge in [0.15, 0.2) is 0 Å². The number of carboxylic acids is 1. The van der Waals surface area contributed by atoms with Crippen LogP contribution in [0.5, 0.6) is 0 Å². The van der Waals surface area contributed by atoms with Crippen LogP contribution in [-0.2, 0) is 0 Å². The average Bonchev–Trinajstić information content (AvgIpc) is 2.20. The molecule has 1 N–H and O–H groups in total. The Labute approximate surface area is 95.0 Å². The van der Waals surface area contributed by atoms with Crippen molar-refractivity contribution in [3.8, 4) is 0 Å². The molecule has 0 spiro atoms. The number of allylic oxidation sites excluding steroid dienone is 1. The first-order valence-electron chi connectivity index (χ1n) is 4.76. The smallest absolute Gasteiger partial charge is 0.335 e. The van der Waals surface area contributed by atoms with E-state index < -0.39 is 5.97 Å². The molecule has 3 heteroatoms. The zero-order chi connectivity index (χ0) is 11.3. The van der Waals surface area contributed by atoms with E-state index in [4.69, 9.17) is 5.11 Å². The van der Waals surface area contributed by atoms with Crippen LogP contribution in [0.1, 0.15) is 27.9 Å². The minimum absolute atomic E-state index is 0.332. The Balaban J connectivity index is 2.88. The van der Waals surface area contributed by atoms with Crippen LogP contribution in [0.3, 0.4) is 0 Å². The highest BCUT2D eigenvalue weighted by molar-refractivity contribution is 7.80. The van der Waals surface area contributed by atoms with Crippen molar-refractivity contribution in [2.75, 3.05) is 5.75 Å². The van der Waals surface area contributed by atoms with Crippen molar-refractivity contribution in [3.63, 3.8) is 0 Å². The normalized spacial score (nSPS) is 10.8. The lowest BCUT2D eigenvalue weighted by Gasteiger charge is -2.01. The van der Waals surface area contributed by atoms with Crippen LogP contribution < -0.4 is 0 Å². The number of hydrogen-bond donors (Lipinski definition) is 2. The summed E-state index contributed by atoms with van der Waals surface area (Å²) in [5, 5.41) is 8.79. The molecule has 15 heavy (non-hydrogen) atoms. The number of carbonyl (C=O) groups is 1. The highest BCUT2D eigenvalue weighted by Crippen LogP contribution is 2.13. The first-order chi connectivity index (χ1) is 7.15. The molecule has 0 atom stereocenters. The largest absolute Gasteiger partial charge is 0.478 e. The second-order valence-corrected chi connectivity index (χ2v) is 3.74. The fourth-order valence-corrected chi connectivity index (χ4v) is 1.43. The van der Waals surface area contributed by atoms with E-state index in [9.17, 15) is 4.79 Å². The van der Waals surface area contributed by atoms with Crippen molar-refractivity contribution in [2.24, 2.45) is 0 Å². The van der Waals surface area contributed by atoms with E-state index in [0.29, 0.717) is 5.56 Å². The predicted molar refractivity (Wildman–Crippen MR) is 65.6 cm³/mol. The van der Waals surface area contributed by atoms with Gasteiger partial charge in [0, 0.05) is 0 Å². The number of thiol groups is 1. The molecule has 0 amide bonds. The molecule has 1 aromatic rings. The summed E-state index contributed by atoms with van der Waals surface area (Å²) in [7, 11) is 0. The SMILES string of the molecule is Cc1cc(C(=O)O)ccc1C=CCCS. The minimum Gasteiger partial charge on any atom is -0.478 e. The Hall–Kier alpha value is -1.22. The average molecular weight is 222 g/mol. The molecule has 1 rings (SSSR count). The van der Waals surface area contributed by atoms with Gasteiger partial charge in [0.05, 0.1) is 5.56 Å². The van der Waals surface area contributed by atoms with Gasteiger partial charge in [-0.05, 0) is 42.4 Å². The summed E-state index contributed by atoms with van der Waals surface area (Å²) in [5.74, 6) is -0.0630. The number of hydrogen-bond acceptors (Lipinski definition) is 2. The van der Waals surface area contributed by atoms with Gasteiger partial charge in [-0.3, -0.25) is 0 Å². The third kappa shape index (κ3) is 3.44. The number of aryl methyl sites for hydroxylation is 1. The zero-order valence-corrected chi connectivity index (χ0v) is 9.50. The molecule has 0 bridgehead atoms. The van der Waals surface area contributed by atoms with Crippen LogP contribution in [0.4, 0.5) is 0 Å². The molecule has 0 saturated heterocycles. The van der Waals surface area contributed by atoms with Gasteiger partial charge in [0.2, 0.25) is 0 Å². The molecule has 0 aliphatic rings. The van der Waals surface area contributed by atoms with Crippen molar-refractivity contribution in [2.45, 2.75) is 13.3 Å². The monoisotopic (exact) mass is 222 g/mol. The summed E-state index contributed by atoms with van der Waals surface area (Å²) >= 11 is 4.11. The summed E-state index contributed by atoms with van der Waals surface area (Å²) in [6.07, 6.45) is 4.95. The number of aromatic carboxylic acids is 1. The maximum absolute atomic E-state index is 10.7. The van der Waals surface area contributed by atoms with Crippen molar-refractivity contribution >= 4 is 24.7 Å². The lowest BCUT2D eigenvalue weighted by atomic mass is 10.0. The van der Waals surface area contributed by atoms with Gasteiger partial charge in [0.1, 0.15) is 0 Å². The van der Waals surface area contributed by atoms with E-state index in [1.54, 1.807) is 12.1 Å². The van der Waals surface area contributed by atoms with Crippen LogP contribution in [-0.4, -0.2) is 16.8 Å². The standard InChI is InChI=1S/C12H14O2S/c1-9-8-11(12(13)14)6-5-10(9)4-2-3-7-15/h2,4-6,8,15H,3,7H2,1H3,(H,13,14). The van der Waals surface area contributed by atoms with Gasteiger partial charge in [-0.1, -0.05) is 18.2 Å². The fourth-order valence-electron chi connectivity index (χ4n) is 1.28. The molecule has 1 aromatic carbocycles. The Morgan fingerprint density at radius 1 is 1.53 bits per heavy atom. The van der Waals surface area contributed by atoms with Gasteiger partial charge in [0.25, 0.3) is 0 Å². The summed E-state index contributed by atoms with van der Waals surface area (Å²) in [5.41, 5.74) is 2.37. The quantitative estimate of drug-likeness (QED) is 0.768. The molecule has 0 aliphatic heterocycles. The summed E-state index contributed by atoms with van der Waals surface area (Å²) in [4.78, 5) is 10.7. The Kier molecular flexibility index (Phi) is 4.43. The molecular weight excluding hydrogens is 208 g/mol. The van der Waals surface area contributed by atoms with Crippen LogP contribution in [0.15, 0.2) is 24.3 Å². The third-order valence-electron chi connectivity index (χ3n) is 2.11. The lowest BCUT2D eigenvalue weighted by molar-refractivity contribution is 0.0697. The van der Waals surface area contributed by atoms with E-state index in [2.05, 4.69) is 12.6 Å². The van der Waals surface area contributed by atoms with Crippen LogP contribution >= 0.6 is 12.6 Å². The lowest BCUT2D eigenvalue weighted by Crippen LogP contribution is -1.96. The topological polar surface area (TPSA) is 37.3 Å². The molecule has 0 saturated carbocycles. The second-order valence-electron chi connectivity index (χ2n) is 3.29. The van der Waals surface area contributed by atoms with Crippen molar-refractivity contribution in [1.29, 1.82) is 0 Å². The van der Waals surface area contributed by atoms with Gasteiger partial charge in [-0.2, -0.15) is 12.6 Å². The predicted octanol–water partition coefficient (Wildman–Crippen LogP) is 3.03. The highest BCUT2D eigenvalue weighted by Gasteiger charge is 2.03. The molecule has 80 valence electrons. The number of benzene rings is 1. The van der Waals surface area contributed by atoms with Gasteiger partial charge >= 0.3 is 5.97 Å². The maximum Gasteiger partial charge on any atom is 0.335 e. The van der Waals surface area contributed by atoms with E-state index in [1.165, 1.54) is 0 Å². The minimum atomic E-state index is -0.885. The van der Waals surface area contributed by atoms with Crippen molar-refractivity contribution in [1.82, 2.24) is 0 Å².